The SMILES string of the molecule is Cc1ccccc1S(=O)(=O)Nc1c(N)cccc1Cl. The number of para-hydroxylation sites is 1. The van der Waals surface area contributed by atoms with Gasteiger partial charge >= 0.3 is 0 Å². The minimum atomic E-state index is -3.70. The molecule has 0 saturated heterocycles. The van der Waals surface area contributed by atoms with Crippen LogP contribution in [0.15, 0.2) is 47.4 Å². The van der Waals surface area contributed by atoms with Crippen LogP contribution in [0.1, 0.15) is 5.56 Å². The third-order valence-electron chi connectivity index (χ3n) is 2.67. The van der Waals surface area contributed by atoms with E-state index in [0.29, 0.717) is 5.56 Å². The number of halogens is 1. The highest BCUT2D eigenvalue weighted by molar-refractivity contribution is 7.92. The molecule has 0 amide bonds. The summed E-state index contributed by atoms with van der Waals surface area (Å²) < 4.78 is 27.0. The lowest BCUT2D eigenvalue weighted by Gasteiger charge is -2.13. The molecule has 19 heavy (non-hydrogen) atoms. The van der Waals surface area contributed by atoms with Crippen molar-refractivity contribution in [2.75, 3.05) is 10.5 Å². The summed E-state index contributed by atoms with van der Waals surface area (Å²) in [5, 5.41) is 0.261. The number of aryl methyl sites for hydroxylation is 1. The van der Waals surface area contributed by atoms with Crippen molar-refractivity contribution in [3.8, 4) is 0 Å². The van der Waals surface area contributed by atoms with Gasteiger partial charge in [-0.25, -0.2) is 8.42 Å². The molecule has 0 bridgehead atoms. The van der Waals surface area contributed by atoms with Gasteiger partial charge < -0.3 is 5.73 Å². The van der Waals surface area contributed by atoms with Gasteiger partial charge in [-0.3, -0.25) is 4.72 Å². The molecule has 0 spiro atoms. The Morgan fingerprint density at radius 3 is 2.42 bits per heavy atom. The molecule has 2 rings (SSSR count). The van der Waals surface area contributed by atoms with Crippen molar-refractivity contribution >= 4 is 33.0 Å². The summed E-state index contributed by atoms with van der Waals surface area (Å²) in [6.07, 6.45) is 0. The number of anilines is 2. The maximum atomic E-state index is 12.3. The monoisotopic (exact) mass is 296 g/mol. The van der Waals surface area contributed by atoms with Crippen LogP contribution in [0.3, 0.4) is 0 Å². The smallest absolute Gasteiger partial charge is 0.262 e. The number of hydrogen-bond acceptors (Lipinski definition) is 3. The first-order chi connectivity index (χ1) is 8.92. The Bertz CT molecular complexity index is 694. The highest BCUT2D eigenvalue weighted by Gasteiger charge is 2.18. The molecule has 2 aromatic carbocycles. The summed E-state index contributed by atoms with van der Waals surface area (Å²) in [5.74, 6) is 0. The van der Waals surface area contributed by atoms with Gasteiger partial charge in [-0.05, 0) is 30.7 Å². The molecular formula is C13H13ClN2O2S. The molecule has 0 heterocycles. The number of benzene rings is 2. The second-order valence-corrected chi connectivity index (χ2v) is 6.13. The second-order valence-electron chi connectivity index (χ2n) is 4.08. The summed E-state index contributed by atoms with van der Waals surface area (Å²) in [6.45, 7) is 1.73. The summed E-state index contributed by atoms with van der Waals surface area (Å²) in [7, 11) is -3.70. The molecule has 0 radical (unpaired) electrons. The fraction of sp³-hybridized carbons (Fsp3) is 0.0769. The normalized spacial score (nSPS) is 11.3. The Hall–Kier alpha value is -1.72. The van der Waals surface area contributed by atoms with E-state index in [0.717, 1.165) is 0 Å². The van der Waals surface area contributed by atoms with Crippen molar-refractivity contribution in [1.29, 1.82) is 0 Å². The van der Waals surface area contributed by atoms with Crippen LogP contribution < -0.4 is 10.5 Å². The van der Waals surface area contributed by atoms with Gasteiger partial charge in [0, 0.05) is 0 Å². The van der Waals surface area contributed by atoms with E-state index < -0.39 is 10.0 Å². The van der Waals surface area contributed by atoms with E-state index in [9.17, 15) is 8.42 Å². The average Bonchev–Trinajstić information content (AvgIpc) is 2.34. The lowest BCUT2D eigenvalue weighted by atomic mass is 10.2. The molecule has 0 fully saturated rings. The largest absolute Gasteiger partial charge is 0.397 e. The molecule has 3 N–H and O–H groups in total. The Morgan fingerprint density at radius 2 is 1.79 bits per heavy atom. The van der Waals surface area contributed by atoms with Gasteiger partial charge in [-0.1, -0.05) is 35.9 Å². The molecule has 6 heteroatoms. The number of nitrogens with two attached hydrogens (primary N) is 1. The maximum absolute atomic E-state index is 12.3. The third-order valence-corrected chi connectivity index (χ3v) is 4.49. The Morgan fingerprint density at radius 1 is 1.11 bits per heavy atom. The minimum Gasteiger partial charge on any atom is -0.397 e. The highest BCUT2D eigenvalue weighted by Crippen LogP contribution is 2.30. The standard InChI is InChI=1S/C13H13ClN2O2S/c1-9-5-2-3-8-12(9)19(17,18)16-13-10(14)6-4-7-11(13)15/h2-8,16H,15H2,1H3. The number of nitrogen functional groups attached to an aromatic ring is 1. The zero-order valence-corrected chi connectivity index (χ0v) is 11.8. The molecule has 0 atom stereocenters. The van der Waals surface area contributed by atoms with Crippen LogP contribution in [0.5, 0.6) is 0 Å². The van der Waals surface area contributed by atoms with Gasteiger partial charge in [0.15, 0.2) is 0 Å². The molecule has 100 valence electrons. The molecule has 2 aromatic rings. The van der Waals surface area contributed by atoms with E-state index in [1.165, 1.54) is 6.07 Å². The van der Waals surface area contributed by atoms with Crippen molar-refractivity contribution in [2.45, 2.75) is 11.8 Å². The number of rotatable bonds is 3. The molecule has 4 nitrogen and oxygen atoms in total. The lowest BCUT2D eigenvalue weighted by molar-refractivity contribution is 0.600. The van der Waals surface area contributed by atoms with Crippen molar-refractivity contribution < 1.29 is 8.42 Å². The Balaban J connectivity index is 2.46. The van der Waals surface area contributed by atoms with Gasteiger partial charge in [0.05, 0.1) is 21.3 Å². The molecule has 0 aliphatic carbocycles. The van der Waals surface area contributed by atoms with Crippen LogP contribution in [0.4, 0.5) is 11.4 Å². The number of nitrogens with one attached hydrogen (secondary N) is 1. The van der Waals surface area contributed by atoms with Crippen LogP contribution in [0.25, 0.3) is 0 Å². The lowest BCUT2D eigenvalue weighted by Crippen LogP contribution is -2.15. The highest BCUT2D eigenvalue weighted by atomic mass is 35.5. The molecular weight excluding hydrogens is 284 g/mol. The summed E-state index contributed by atoms with van der Waals surface area (Å²) in [5.41, 5.74) is 6.87. The van der Waals surface area contributed by atoms with E-state index in [-0.39, 0.29) is 21.3 Å². The zero-order chi connectivity index (χ0) is 14.0. The van der Waals surface area contributed by atoms with Crippen LogP contribution >= 0.6 is 11.6 Å². The Kier molecular flexibility index (Phi) is 3.68. The van der Waals surface area contributed by atoms with E-state index in [4.69, 9.17) is 17.3 Å². The van der Waals surface area contributed by atoms with Crippen molar-refractivity contribution in [2.24, 2.45) is 0 Å². The predicted molar refractivity (Wildman–Crippen MR) is 77.9 cm³/mol. The van der Waals surface area contributed by atoms with Gasteiger partial charge in [0.2, 0.25) is 0 Å². The number of hydrogen-bond donors (Lipinski definition) is 2. The zero-order valence-electron chi connectivity index (χ0n) is 10.2. The fourth-order valence-corrected chi connectivity index (χ4v) is 3.34. The first kappa shape index (κ1) is 13.7. The van der Waals surface area contributed by atoms with Gasteiger partial charge in [0.25, 0.3) is 10.0 Å². The molecule has 0 aliphatic rings. The summed E-state index contributed by atoms with van der Waals surface area (Å²) >= 11 is 5.96. The molecule has 0 saturated carbocycles. The quantitative estimate of drug-likeness (QED) is 0.855. The topological polar surface area (TPSA) is 72.2 Å². The maximum Gasteiger partial charge on any atom is 0.262 e. The van der Waals surface area contributed by atoms with Crippen LogP contribution in [0.2, 0.25) is 5.02 Å². The van der Waals surface area contributed by atoms with E-state index in [1.807, 2.05) is 0 Å². The summed E-state index contributed by atoms with van der Waals surface area (Å²) in [6, 6.07) is 11.5. The van der Waals surface area contributed by atoms with Crippen LogP contribution in [0, 0.1) is 6.92 Å². The van der Waals surface area contributed by atoms with Crippen molar-refractivity contribution in [1.82, 2.24) is 0 Å². The molecule has 0 unspecified atom stereocenters. The van der Waals surface area contributed by atoms with Gasteiger partial charge in [-0.2, -0.15) is 0 Å². The van der Waals surface area contributed by atoms with E-state index in [2.05, 4.69) is 4.72 Å². The van der Waals surface area contributed by atoms with Gasteiger partial charge in [-0.15, -0.1) is 0 Å². The van der Waals surface area contributed by atoms with Crippen LogP contribution in [-0.2, 0) is 10.0 Å². The third kappa shape index (κ3) is 2.83. The Labute approximate surface area is 117 Å². The van der Waals surface area contributed by atoms with Gasteiger partial charge in [0.1, 0.15) is 0 Å². The van der Waals surface area contributed by atoms with Crippen molar-refractivity contribution in [3.63, 3.8) is 0 Å². The predicted octanol–water partition coefficient (Wildman–Crippen LogP) is 3.03. The molecule has 0 aliphatic heterocycles. The number of sulfonamides is 1. The molecule has 0 aromatic heterocycles. The second kappa shape index (κ2) is 5.11. The van der Waals surface area contributed by atoms with Crippen molar-refractivity contribution in [3.05, 3.63) is 53.1 Å². The first-order valence-corrected chi connectivity index (χ1v) is 7.40. The van der Waals surface area contributed by atoms with E-state index >= 15 is 0 Å². The van der Waals surface area contributed by atoms with E-state index in [1.54, 1.807) is 43.3 Å². The van der Waals surface area contributed by atoms with Crippen LogP contribution in [-0.4, -0.2) is 8.42 Å². The minimum absolute atomic E-state index is 0.201. The average molecular weight is 297 g/mol. The first-order valence-electron chi connectivity index (χ1n) is 5.54. The fourth-order valence-electron chi connectivity index (χ4n) is 1.70. The summed E-state index contributed by atoms with van der Waals surface area (Å²) in [4.78, 5) is 0.203.